The zero-order valence-corrected chi connectivity index (χ0v) is 14.1. The van der Waals surface area contributed by atoms with Crippen LogP contribution in [0.2, 0.25) is 0 Å². The molecule has 3 nitrogen and oxygen atoms in total. The molecule has 3 heteroatoms. The first-order chi connectivity index (χ1) is 10.3. The third-order valence-corrected chi connectivity index (χ3v) is 3.65. The summed E-state index contributed by atoms with van der Waals surface area (Å²) in [5.74, 6) is -0.151. The second-order valence-electron chi connectivity index (χ2n) is 6.74. The lowest BCUT2D eigenvalue weighted by Crippen LogP contribution is -2.31. The molecule has 0 spiro atoms. The zero-order chi connectivity index (χ0) is 16.3. The largest absolute Gasteiger partial charge is 0.457 e. The first kappa shape index (κ1) is 16.3. The third kappa shape index (κ3) is 4.00. The highest BCUT2D eigenvalue weighted by Crippen LogP contribution is 2.28. The van der Waals surface area contributed by atoms with Gasteiger partial charge in [-0.3, -0.25) is 0 Å². The number of nitrogens with zero attached hydrogens (tertiary/aromatic N) is 1. The average Bonchev–Trinajstić information content (AvgIpc) is 2.41. The molecule has 1 unspecified atom stereocenters. The van der Waals surface area contributed by atoms with Gasteiger partial charge in [-0.25, -0.2) is 4.79 Å². The van der Waals surface area contributed by atoms with E-state index in [1.807, 2.05) is 52.8 Å². The minimum Gasteiger partial charge on any atom is -0.457 e. The van der Waals surface area contributed by atoms with Crippen LogP contribution in [0.25, 0.3) is 0 Å². The Kier molecular flexibility index (Phi) is 4.74. The fraction of sp³-hybridized carbons (Fsp3) is 0.421. The zero-order valence-electron chi connectivity index (χ0n) is 14.1. The molecule has 1 aliphatic heterocycles. The standard InChI is InChI=1S/C19H25NO2/c1-14-11-12-20(13-16-9-7-6-8-10-16)15(2)17(14)18(21)22-19(3,4)5/h6-12,14H,13H2,1-5H3. The molecule has 2 rings (SSSR count). The van der Waals surface area contributed by atoms with E-state index in [2.05, 4.69) is 29.3 Å². The highest BCUT2D eigenvalue weighted by atomic mass is 16.6. The molecule has 0 saturated heterocycles. The van der Waals surface area contributed by atoms with Crippen molar-refractivity contribution in [3.63, 3.8) is 0 Å². The van der Waals surface area contributed by atoms with Crippen molar-refractivity contribution >= 4 is 5.97 Å². The number of esters is 1. The summed E-state index contributed by atoms with van der Waals surface area (Å²) in [6.07, 6.45) is 4.11. The van der Waals surface area contributed by atoms with Crippen molar-refractivity contribution < 1.29 is 9.53 Å². The van der Waals surface area contributed by atoms with Gasteiger partial charge in [0.2, 0.25) is 0 Å². The van der Waals surface area contributed by atoms with Gasteiger partial charge in [-0.1, -0.05) is 43.3 Å². The van der Waals surface area contributed by atoms with Crippen LogP contribution < -0.4 is 0 Å². The van der Waals surface area contributed by atoms with Crippen LogP contribution in [0.3, 0.4) is 0 Å². The van der Waals surface area contributed by atoms with Gasteiger partial charge in [-0.15, -0.1) is 0 Å². The van der Waals surface area contributed by atoms with E-state index >= 15 is 0 Å². The number of ether oxygens (including phenoxy) is 1. The molecule has 0 fully saturated rings. The number of allylic oxidation sites excluding steroid dienone is 2. The van der Waals surface area contributed by atoms with Crippen LogP contribution in [0.15, 0.2) is 53.9 Å². The average molecular weight is 299 g/mol. The molecule has 1 aromatic carbocycles. The van der Waals surface area contributed by atoms with E-state index in [1.165, 1.54) is 5.56 Å². The molecule has 0 N–H and O–H groups in total. The van der Waals surface area contributed by atoms with Crippen LogP contribution in [0, 0.1) is 5.92 Å². The van der Waals surface area contributed by atoms with Crippen molar-refractivity contribution in [1.82, 2.24) is 4.90 Å². The number of carbonyl (C=O) groups is 1. The molecule has 0 aliphatic carbocycles. The van der Waals surface area contributed by atoms with Crippen LogP contribution >= 0.6 is 0 Å². The maximum absolute atomic E-state index is 12.5. The Hall–Kier alpha value is -2.03. The van der Waals surface area contributed by atoms with Gasteiger partial charge in [-0.05, 0) is 33.3 Å². The Morgan fingerprint density at radius 3 is 2.45 bits per heavy atom. The summed E-state index contributed by atoms with van der Waals surface area (Å²) in [5.41, 5.74) is 2.45. The fourth-order valence-corrected chi connectivity index (χ4v) is 2.54. The minimum absolute atomic E-state index is 0.0712. The summed E-state index contributed by atoms with van der Waals surface area (Å²) >= 11 is 0. The predicted octanol–water partition coefficient (Wildman–Crippen LogP) is 4.27. The Balaban J connectivity index is 2.23. The maximum atomic E-state index is 12.5. The Morgan fingerprint density at radius 2 is 1.86 bits per heavy atom. The van der Waals surface area contributed by atoms with Gasteiger partial charge in [0.05, 0.1) is 5.57 Å². The van der Waals surface area contributed by atoms with Gasteiger partial charge in [0.25, 0.3) is 0 Å². The van der Waals surface area contributed by atoms with E-state index in [1.54, 1.807) is 0 Å². The number of hydrogen-bond donors (Lipinski definition) is 0. The van der Waals surface area contributed by atoms with Crippen molar-refractivity contribution in [3.8, 4) is 0 Å². The smallest absolute Gasteiger partial charge is 0.336 e. The second-order valence-corrected chi connectivity index (χ2v) is 6.74. The first-order valence-electron chi connectivity index (χ1n) is 7.71. The van der Waals surface area contributed by atoms with Crippen LogP contribution in [-0.4, -0.2) is 16.5 Å². The van der Waals surface area contributed by atoms with Gasteiger partial charge in [-0.2, -0.15) is 0 Å². The van der Waals surface area contributed by atoms with E-state index in [4.69, 9.17) is 4.74 Å². The molecule has 1 aromatic rings. The molecule has 1 aliphatic rings. The SMILES string of the molecule is CC1=C(C(=O)OC(C)(C)C)C(C)C=CN1Cc1ccccc1. The Bertz CT molecular complexity index is 594. The summed E-state index contributed by atoms with van der Waals surface area (Å²) in [4.78, 5) is 14.6. The molecular weight excluding hydrogens is 274 g/mol. The molecule has 22 heavy (non-hydrogen) atoms. The van der Waals surface area contributed by atoms with Crippen LogP contribution in [0.5, 0.6) is 0 Å². The van der Waals surface area contributed by atoms with Crippen molar-refractivity contribution in [2.24, 2.45) is 5.92 Å². The van der Waals surface area contributed by atoms with Crippen LogP contribution in [-0.2, 0) is 16.1 Å². The number of hydrogen-bond acceptors (Lipinski definition) is 3. The van der Waals surface area contributed by atoms with Crippen molar-refractivity contribution in [2.45, 2.75) is 46.8 Å². The molecule has 118 valence electrons. The van der Waals surface area contributed by atoms with Crippen molar-refractivity contribution in [2.75, 3.05) is 0 Å². The van der Waals surface area contributed by atoms with Gasteiger partial charge < -0.3 is 9.64 Å². The van der Waals surface area contributed by atoms with Gasteiger partial charge in [0.15, 0.2) is 0 Å². The molecular formula is C19H25NO2. The van der Waals surface area contributed by atoms with E-state index < -0.39 is 5.60 Å². The quantitative estimate of drug-likeness (QED) is 0.781. The number of benzene rings is 1. The van der Waals surface area contributed by atoms with Gasteiger partial charge in [0.1, 0.15) is 5.60 Å². The van der Waals surface area contributed by atoms with E-state index in [-0.39, 0.29) is 11.9 Å². The Morgan fingerprint density at radius 1 is 1.23 bits per heavy atom. The number of rotatable bonds is 3. The monoisotopic (exact) mass is 299 g/mol. The van der Waals surface area contributed by atoms with Crippen molar-refractivity contribution in [3.05, 3.63) is 59.4 Å². The predicted molar refractivity (Wildman–Crippen MR) is 88.8 cm³/mol. The highest BCUT2D eigenvalue weighted by molar-refractivity contribution is 5.90. The Labute approximate surface area is 133 Å². The highest BCUT2D eigenvalue weighted by Gasteiger charge is 2.28. The molecule has 0 amide bonds. The lowest BCUT2D eigenvalue weighted by molar-refractivity contribution is -0.150. The van der Waals surface area contributed by atoms with Gasteiger partial charge >= 0.3 is 5.97 Å². The van der Waals surface area contributed by atoms with E-state index in [9.17, 15) is 4.79 Å². The molecule has 0 radical (unpaired) electrons. The summed E-state index contributed by atoms with van der Waals surface area (Å²) in [6, 6.07) is 10.2. The first-order valence-corrected chi connectivity index (χ1v) is 7.71. The topological polar surface area (TPSA) is 29.5 Å². The second kappa shape index (κ2) is 6.39. The minimum atomic E-state index is -0.477. The normalized spacial score (nSPS) is 18.6. The lowest BCUT2D eigenvalue weighted by Gasteiger charge is -2.31. The van der Waals surface area contributed by atoms with Crippen LogP contribution in [0.1, 0.15) is 40.2 Å². The maximum Gasteiger partial charge on any atom is 0.336 e. The molecule has 1 heterocycles. The molecule has 0 aromatic heterocycles. The van der Waals surface area contributed by atoms with Gasteiger partial charge in [0, 0.05) is 24.4 Å². The summed E-state index contributed by atoms with van der Waals surface area (Å²) in [7, 11) is 0. The number of carbonyl (C=O) groups excluding carboxylic acids is 1. The summed E-state index contributed by atoms with van der Waals surface area (Å²) in [5, 5.41) is 0. The third-order valence-electron chi connectivity index (χ3n) is 3.65. The molecule has 1 atom stereocenters. The van der Waals surface area contributed by atoms with Crippen LogP contribution in [0.4, 0.5) is 0 Å². The molecule has 0 saturated carbocycles. The lowest BCUT2D eigenvalue weighted by atomic mass is 9.95. The summed E-state index contributed by atoms with van der Waals surface area (Å²) in [6.45, 7) is 10.5. The summed E-state index contributed by atoms with van der Waals surface area (Å²) < 4.78 is 5.56. The fourth-order valence-electron chi connectivity index (χ4n) is 2.54. The van der Waals surface area contributed by atoms with E-state index in [0.717, 1.165) is 17.8 Å². The van der Waals surface area contributed by atoms with Crippen molar-refractivity contribution in [1.29, 1.82) is 0 Å². The van der Waals surface area contributed by atoms with E-state index in [0.29, 0.717) is 0 Å². The molecule has 0 bridgehead atoms.